The van der Waals surface area contributed by atoms with E-state index in [1.165, 1.54) is 0 Å². The lowest BCUT2D eigenvalue weighted by atomic mass is 10.1. The number of nitrogens with zero attached hydrogens (tertiary/aromatic N) is 1. The maximum absolute atomic E-state index is 13.3. The summed E-state index contributed by atoms with van der Waals surface area (Å²) in [5.74, 6) is -0.384. The molecule has 2 amide bonds. The van der Waals surface area contributed by atoms with Crippen molar-refractivity contribution in [1.29, 1.82) is 0 Å². The van der Waals surface area contributed by atoms with Crippen molar-refractivity contribution in [2.45, 2.75) is 52.1 Å². The third-order valence-corrected chi connectivity index (χ3v) is 6.24. The van der Waals surface area contributed by atoms with Crippen LogP contribution in [0.4, 0.5) is 0 Å². The molecule has 1 N–H and O–H groups in total. The van der Waals surface area contributed by atoms with Gasteiger partial charge in [0.05, 0.1) is 16.5 Å². The van der Waals surface area contributed by atoms with Crippen molar-refractivity contribution in [3.05, 3.63) is 67.6 Å². The third-order valence-electron chi connectivity index (χ3n) is 4.91. The van der Waals surface area contributed by atoms with Crippen molar-refractivity contribution >= 4 is 58.2 Å². The lowest BCUT2D eigenvalue weighted by Crippen LogP contribution is -2.49. The number of hydrogen-bond donors (Lipinski definition) is 1. The molecule has 1 atom stereocenters. The first-order valence-corrected chi connectivity index (χ1v) is 11.7. The molecule has 0 aromatic heterocycles. The van der Waals surface area contributed by atoms with Crippen LogP contribution in [-0.4, -0.2) is 29.3 Å². The Kier molecular flexibility index (Phi) is 10.4. The Morgan fingerprint density at radius 1 is 0.968 bits per heavy atom. The van der Waals surface area contributed by atoms with Crippen molar-refractivity contribution < 1.29 is 9.59 Å². The Bertz CT molecular complexity index is 920. The van der Waals surface area contributed by atoms with E-state index >= 15 is 0 Å². The molecule has 0 saturated carbocycles. The molecule has 4 nitrogen and oxygen atoms in total. The lowest BCUT2D eigenvalue weighted by Gasteiger charge is -2.31. The second-order valence-electron chi connectivity index (χ2n) is 7.25. The summed E-state index contributed by atoms with van der Waals surface area (Å²) in [6.45, 7) is 4.70. The van der Waals surface area contributed by atoms with Gasteiger partial charge in [-0.1, -0.05) is 78.8 Å². The molecule has 0 radical (unpaired) electrons. The van der Waals surface area contributed by atoms with Crippen molar-refractivity contribution in [3.63, 3.8) is 0 Å². The van der Waals surface area contributed by atoms with Gasteiger partial charge in [0.1, 0.15) is 6.04 Å². The van der Waals surface area contributed by atoms with E-state index in [0.717, 1.165) is 12.8 Å². The summed E-state index contributed by atoms with van der Waals surface area (Å²) < 4.78 is 0. The van der Waals surface area contributed by atoms with Gasteiger partial charge in [-0.15, -0.1) is 0 Å². The number of halogens is 4. The Morgan fingerprint density at radius 3 is 2.32 bits per heavy atom. The predicted octanol–water partition coefficient (Wildman–Crippen LogP) is 6.57. The van der Waals surface area contributed by atoms with E-state index in [0.29, 0.717) is 44.2 Å². The van der Waals surface area contributed by atoms with Crippen LogP contribution in [0.5, 0.6) is 0 Å². The lowest BCUT2D eigenvalue weighted by molar-refractivity contribution is -0.140. The summed E-state index contributed by atoms with van der Waals surface area (Å²) in [6.07, 6.45) is 2.40. The number of benzene rings is 2. The minimum Gasteiger partial charge on any atom is -0.354 e. The number of nitrogens with one attached hydrogen (secondary N) is 1. The highest BCUT2D eigenvalue weighted by Gasteiger charge is 2.29. The fourth-order valence-corrected chi connectivity index (χ4v) is 3.97. The van der Waals surface area contributed by atoms with Gasteiger partial charge in [-0.3, -0.25) is 9.59 Å². The second-order valence-corrected chi connectivity index (χ2v) is 8.91. The summed E-state index contributed by atoms with van der Waals surface area (Å²) in [4.78, 5) is 27.8. The van der Waals surface area contributed by atoms with Crippen LogP contribution in [-0.2, 0) is 22.6 Å². The van der Waals surface area contributed by atoms with E-state index < -0.39 is 6.04 Å². The number of rotatable bonds is 10. The Morgan fingerprint density at radius 2 is 1.71 bits per heavy atom. The molecule has 0 aliphatic carbocycles. The largest absolute Gasteiger partial charge is 0.354 e. The molecule has 31 heavy (non-hydrogen) atoms. The molecular formula is C23H26Cl4N2O2. The molecule has 2 rings (SSSR count). The highest BCUT2D eigenvalue weighted by atomic mass is 35.5. The van der Waals surface area contributed by atoms with Crippen LogP contribution in [0, 0.1) is 0 Å². The molecule has 2 aromatic carbocycles. The SMILES string of the molecule is CCCCNC(=O)C(CC)N(Cc1ccc(Cl)cc1Cl)C(=O)Cc1ccc(Cl)c(Cl)c1. The zero-order chi connectivity index (χ0) is 23.0. The molecule has 168 valence electrons. The van der Waals surface area contributed by atoms with Crippen LogP contribution in [0.15, 0.2) is 36.4 Å². The molecule has 8 heteroatoms. The zero-order valence-corrected chi connectivity index (χ0v) is 20.6. The van der Waals surface area contributed by atoms with E-state index in [9.17, 15) is 9.59 Å². The minimum atomic E-state index is -0.626. The molecular weight excluding hydrogens is 478 g/mol. The highest BCUT2D eigenvalue weighted by Crippen LogP contribution is 2.26. The average molecular weight is 504 g/mol. The second kappa shape index (κ2) is 12.5. The average Bonchev–Trinajstić information content (AvgIpc) is 2.72. The molecule has 1 unspecified atom stereocenters. The van der Waals surface area contributed by atoms with Gasteiger partial charge >= 0.3 is 0 Å². The summed E-state index contributed by atoms with van der Waals surface area (Å²) in [7, 11) is 0. The summed E-state index contributed by atoms with van der Waals surface area (Å²) in [5, 5.41) is 4.69. The normalized spacial score (nSPS) is 11.8. The fourth-order valence-electron chi connectivity index (χ4n) is 3.18. The number of carbonyl (C=O) groups excluding carboxylic acids is 2. The standard InChI is InChI=1S/C23H26Cl4N2O2/c1-3-5-10-28-23(31)21(4-2)29(14-16-7-8-17(24)13-19(16)26)22(30)12-15-6-9-18(25)20(27)11-15/h6-9,11,13,21H,3-5,10,12,14H2,1-2H3,(H,28,31). The molecule has 0 saturated heterocycles. The van der Waals surface area contributed by atoms with Crippen LogP contribution in [0.1, 0.15) is 44.2 Å². The van der Waals surface area contributed by atoms with E-state index in [-0.39, 0.29) is 24.8 Å². The van der Waals surface area contributed by atoms with Crippen molar-refractivity contribution in [2.24, 2.45) is 0 Å². The van der Waals surface area contributed by atoms with Gasteiger partial charge in [-0.2, -0.15) is 0 Å². The molecule has 0 fully saturated rings. The van der Waals surface area contributed by atoms with Crippen LogP contribution in [0.2, 0.25) is 20.1 Å². The monoisotopic (exact) mass is 502 g/mol. The Balaban J connectivity index is 2.31. The van der Waals surface area contributed by atoms with Gasteiger partial charge in [0, 0.05) is 23.1 Å². The first-order chi connectivity index (χ1) is 14.8. The molecule has 2 aromatic rings. The zero-order valence-electron chi connectivity index (χ0n) is 17.6. The summed E-state index contributed by atoms with van der Waals surface area (Å²) in [6, 6.07) is 9.56. The quantitative estimate of drug-likeness (QED) is 0.373. The van der Waals surface area contributed by atoms with Crippen LogP contribution < -0.4 is 5.32 Å². The van der Waals surface area contributed by atoms with E-state index in [4.69, 9.17) is 46.4 Å². The predicted molar refractivity (Wildman–Crippen MR) is 129 cm³/mol. The summed E-state index contributed by atoms with van der Waals surface area (Å²) >= 11 is 24.5. The van der Waals surface area contributed by atoms with E-state index in [1.807, 2.05) is 6.92 Å². The Hall–Kier alpha value is -1.46. The number of unbranched alkanes of at least 4 members (excludes halogenated alkanes) is 1. The first-order valence-electron chi connectivity index (χ1n) is 10.2. The first kappa shape index (κ1) is 25.8. The maximum Gasteiger partial charge on any atom is 0.242 e. The molecule has 0 spiro atoms. The van der Waals surface area contributed by atoms with Gasteiger partial charge in [0.15, 0.2) is 0 Å². The van der Waals surface area contributed by atoms with Crippen molar-refractivity contribution in [3.8, 4) is 0 Å². The minimum absolute atomic E-state index is 0.0842. The number of amides is 2. The topological polar surface area (TPSA) is 49.4 Å². The van der Waals surface area contributed by atoms with Crippen LogP contribution >= 0.6 is 46.4 Å². The van der Waals surface area contributed by atoms with Gasteiger partial charge in [-0.05, 0) is 48.2 Å². The highest BCUT2D eigenvalue weighted by molar-refractivity contribution is 6.42. The Labute approximate surface area is 203 Å². The molecule has 0 heterocycles. The number of carbonyl (C=O) groups is 2. The van der Waals surface area contributed by atoms with E-state index in [1.54, 1.807) is 41.3 Å². The number of hydrogen-bond acceptors (Lipinski definition) is 2. The molecule has 0 bridgehead atoms. The third kappa shape index (κ3) is 7.57. The van der Waals surface area contributed by atoms with Crippen molar-refractivity contribution in [2.75, 3.05) is 6.54 Å². The van der Waals surface area contributed by atoms with Crippen LogP contribution in [0.25, 0.3) is 0 Å². The smallest absolute Gasteiger partial charge is 0.242 e. The summed E-state index contributed by atoms with van der Waals surface area (Å²) in [5.41, 5.74) is 1.43. The fraction of sp³-hybridized carbons (Fsp3) is 0.391. The molecule has 0 aliphatic rings. The van der Waals surface area contributed by atoms with Crippen molar-refractivity contribution in [1.82, 2.24) is 10.2 Å². The maximum atomic E-state index is 13.3. The molecule has 0 aliphatic heterocycles. The van der Waals surface area contributed by atoms with E-state index in [2.05, 4.69) is 12.2 Å². The van der Waals surface area contributed by atoms with Gasteiger partial charge in [0.2, 0.25) is 11.8 Å². The van der Waals surface area contributed by atoms with Gasteiger partial charge in [0.25, 0.3) is 0 Å². The van der Waals surface area contributed by atoms with Gasteiger partial charge in [-0.25, -0.2) is 0 Å². The van der Waals surface area contributed by atoms with Crippen LogP contribution in [0.3, 0.4) is 0 Å². The van der Waals surface area contributed by atoms with Gasteiger partial charge < -0.3 is 10.2 Å².